The highest BCUT2D eigenvalue weighted by molar-refractivity contribution is 7.87. The molecule has 0 saturated heterocycles. The van der Waals surface area contributed by atoms with Crippen molar-refractivity contribution >= 4 is 10.1 Å². The molecule has 0 spiro atoms. The molecule has 94 valence electrons. The van der Waals surface area contributed by atoms with E-state index in [1.807, 2.05) is 0 Å². The third kappa shape index (κ3) is 2.62. The maximum absolute atomic E-state index is 12.0. The lowest BCUT2D eigenvalue weighted by Crippen LogP contribution is -2.11. The third-order valence-electron chi connectivity index (χ3n) is 2.38. The van der Waals surface area contributed by atoms with Crippen LogP contribution in [-0.4, -0.2) is 13.5 Å². The first-order valence-electron chi connectivity index (χ1n) is 5.28. The van der Waals surface area contributed by atoms with Crippen molar-refractivity contribution in [1.82, 2.24) is 0 Å². The molecule has 0 aliphatic heterocycles. The van der Waals surface area contributed by atoms with E-state index in [9.17, 15) is 13.5 Å². The average Bonchev–Trinajstić information content (AvgIpc) is 2.29. The van der Waals surface area contributed by atoms with Crippen molar-refractivity contribution < 1.29 is 17.7 Å². The van der Waals surface area contributed by atoms with E-state index in [0.717, 1.165) is 0 Å². The standard InChI is InChI=1S/C13H12O4S/c1-10-9-11(14)7-8-13(10)18(15,16)17-12-5-3-2-4-6-12/h2-9,14H,1H3. The van der Waals surface area contributed by atoms with Crippen LogP contribution in [0.4, 0.5) is 0 Å². The molecule has 1 N–H and O–H groups in total. The van der Waals surface area contributed by atoms with E-state index < -0.39 is 10.1 Å². The number of phenolic OH excluding ortho intramolecular Hbond substituents is 1. The zero-order valence-corrected chi connectivity index (χ0v) is 10.5. The van der Waals surface area contributed by atoms with Crippen molar-refractivity contribution in [3.8, 4) is 11.5 Å². The second-order valence-electron chi connectivity index (χ2n) is 3.80. The first-order chi connectivity index (χ1) is 8.49. The molecular formula is C13H12O4S. The molecular weight excluding hydrogens is 252 g/mol. The second-order valence-corrected chi connectivity index (χ2v) is 5.32. The highest BCUT2D eigenvalue weighted by Gasteiger charge is 2.19. The van der Waals surface area contributed by atoms with Gasteiger partial charge < -0.3 is 9.29 Å². The lowest BCUT2D eigenvalue weighted by atomic mass is 10.2. The van der Waals surface area contributed by atoms with Crippen molar-refractivity contribution in [2.75, 3.05) is 0 Å². The fourth-order valence-electron chi connectivity index (χ4n) is 1.56. The molecule has 4 nitrogen and oxygen atoms in total. The largest absolute Gasteiger partial charge is 0.508 e. The Hall–Kier alpha value is -2.01. The number of aryl methyl sites for hydroxylation is 1. The first kappa shape index (κ1) is 12.4. The van der Waals surface area contributed by atoms with E-state index in [1.54, 1.807) is 37.3 Å². The number of hydrogen-bond acceptors (Lipinski definition) is 4. The molecule has 0 atom stereocenters. The highest BCUT2D eigenvalue weighted by atomic mass is 32.2. The molecule has 0 aliphatic carbocycles. The van der Waals surface area contributed by atoms with Gasteiger partial charge in [-0.15, -0.1) is 0 Å². The van der Waals surface area contributed by atoms with Crippen molar-refractivity contribution in [1.29, 1.82) is 0 Å². The summed E-state index contributed by atoms with van der Waals surface area (Å²) in [5.74, 6) is 0.274. The number of para-hydroxylation sites is 1. The maximum atomic E-state index is 12.0. The Balaban J connectivity index is 2.37. The van der Waals surface area contributed by atoms with E-state index in [0.29, 0.717) is 5.56 Å². The van der Waals surface area contributed by atoms with Crippen molar-refractivity contribution in [2.45, 2.75) is 11.8 Å². The molecule has 0 aromatic heterocycles. The van der Waals surface area contributed by atoms with Gasteiger partial charge in [-0.05, 0) is 42.8 Å². The average molecular weight is 264 g/mol. The highest BCUT2D eigenvalue weighted by Crippen LogP contribution is 2.23. The Kier molecular flexibility index (Phi) is 3.25. The molecule has 0 bridgehead atoms. The number of hydrogen-bond donors (Lipinski definition) is 1. The Bertz CT molecular complexity index is 648. The maximum Gasteiger partial charge on any atom is 0.339 e. The van der Waals surface area contributed by atoms with Crippen molar-refractivity contribution in [3.05, 3.63) is 54.1 Å². The molecule has 18 heavy (non-hydrogen) atoms. The number of rotatable bonds is 3. The summed E-state index contributed by atoms with van der Waals surface area (Å²) in [6, 6.07) is 12.3. The number of benzene rings is 2. The van der Waals surface area contributed by atoms with Crippen LogP contribution in [0.2, 0.25) is 0 Å². The molecule has 5 heteroatoms. The minimum atomic E-state index is -3.87. The van der Waals surface area contributed by atoms with Crippen LogP contribution in [0.3, 0.4) is 0 Å². The molecule has 2 aromatic rings. The third-order valence-corrected chi connectivity index (χ3v) is 3.79. The van der Waals surface area contributed by atoms with E-state index >= 15 is 0 Å². The lowest BCUT2D eigenvalue weighted by Gasteiger charge is -2.09. The van der Waals surface area contributed by atoms with Crippen LogP contribution in [0.25, 0.3) is 0 Å². The van der Waals surface area contributed by atoms with Crippen molar-refractivity contribution in [3.63, 3.8) is 0 Å². The van der Waals surface area contributed by atoms with E-state index in [4.69, 9.17) is 4.18 Å². The lowest BCUT2D eigenvalue weighted by molar-refractivity contribution is 0.472. The topological polar surface area (TPSA) is 63.6 Å². The van der Waals surface area contributed by atoms with Gasteiger partial charge in [0.05, 0.1) is 0 Å². The second kappa shape index (κ2) is 4.70. The molecule has 0 unspecified atom stereocenters. The summed E-state index contributed by atoms with van der Waals surface area (Å²) in [6.45, 7) is 1.60. The van der Waals surface area contributed by atoms with Gasteiger partial charge in [-0.25, -0.2) is 0 Å². The summed E-state index contributed by atoms with van der Waals surface area (Å²) in [6.07, 6.45) is 0. The van der Waals surface area contributed by atoms with Gasteiger partial charge in [0, 0.05) is 0 Å². The predicted molar refractivity (Wildman–Crippen MR) is 67.1 cm³/mol. The summed E-state index contributed by atoms with van der Waals surface area (Å²) < 4.78 is 29.1. The van der Waals surface area contributed by atoms with E-state index in [2.05, 4.69) is 0 Å². The molecule has 0 aliphatic rings. The van der Waals surface area contributed by atoms with Gasteiger partial charge in [0.15, 0.2) is 0 Å². The fraction of sp³-hybridized carbons (Fsp3) is 0.0769. The van der Waals surface area contributed by atoms with Crippen LogP contribution in [0, 0.1) is 6.92 Å². The summed E-state index contributed by atoms with van der Waals surface area (Å²) in [5.41, 5.74) is 0.436. The van der Waals surface area contributed by atoms with Gasteiger partial charge in [0.25, 0.3) is 0 Å². The van der Waals surface area contributed by atoms with Gasteiger partial charge in [0.1, 0.15) is 16.4 Å². The number of phenols is 1. The van der Waals surface area contributed by atoms with Crippen LogP contribution in [-0.2, 0) is 10.1 Å². The summed E-state index contributed by atoms with van der Waals surface area (Å²) in [5, 5.41) is 9.26. The van der Waals surface area contributed by atoms with Gasteiger partial charge in [-0.2, -0.15) is 8.42 Å². The molecule has 0 radical (unpaired) electrons. The van der Waals surface area contributed by atoms with Crippen LogP contribution in [0.5, 0.6) is 11.5 Å². The molecule has 2 aromatic carbocycles. The fourth-order valence-corrected chi connectivity index (χ4v) is 2.70. The Morgan fingerprint density at radius 3 is 2.33 bits per heavy atom. The molecule has 0 amide bonds. The SMILES string of the molecule is Cc1cc(O)ccc1S(=O)(=O)Oc1ccccc1. The van der Waals surface area contributed by atoms with Gasteiger partial charge >= 0.3 is 10.1 Å². The number of aromatic hydroxyl groups is 1. The van der Waals surface area contributed by atoms with Crippen LogP contribution in [0.15, 0.2) is 53.4 Å². The van der Waals surface area contributed by atoms with Gasteiger partial charge in [-0.3, -0.25) is 0 Å². The molecule has 2 rings (SSSR count). The summed E-state index contributed by atoms with van der Waals surface area (Å²) in [4.78, 5) is 0.0455. The molecule has 0 saturated carbocycles. The van der Waals surface area contributed by atoms with Gasteiger partial charge in [-0.1, -0.05) is 18.2 Å². The molecule has 0 fully saturated rings. The van der Waals surface area contributed by atoms with E-state index in [-0.39, 0.29) is 16.4 Å². The Labute approximate surface area is 106 Å². The Morgan fingerprint density at radius 2 is 1.72 bits per heavy atom. The van der Waals surface area contributed by atoms with Crippen LogP contribution in [0.1, 0.15) is 5.56 Å². The zero-order valence-electron chi connectivity index (χ0n) is 9.70. The Morgan fingerprint density at radius 1 is 1.06 bits per heavy atom. The van der Waals surface area contributed by atoms with Crippen LogP contribution < -0.4 is 4.18 Å². The predicted octanol–water partition coefficient (Wildman–Crippen LogP) is 2.47. The quantitative estimate of drug-likeness (QED) is 0.865. The summed E-state index contributed by atoms with van der Waals surface area (Å²) in [7, 11) is -3.87. The first-order valence-corrected chi connectivity index (χ1v) is 6.69. The van der Waals surface area contributed by atoms with Crippen LogP contribution >= 0.6 is 0 Å². The summed E-state index contributed by atoms with van der Waals surface area (Å²) >= 11 is 0. The molecule has 0 heterocycles. The normalized spacial score (nSPS) is 11.2. The minimum absolute atomic E-state index is 0.0196. The smallest absolute Gasteiger partial charge is 0.339 e. The monoisotopic (exact) mass is 264 g/mol. The zero-order chi connectivity index (χ0) is 13.2. The van der Waals surface area contributed by atoms with E-state index in [1.165, 1.54) is 18.2 Å². The van der Waals surface area contributed by atoms with Crippen molar-refractivity contribution in [2.24, 2.45) is 0 Å². The van der Waals surface area contributed by atoms with Gasteiger partial charge in [0.2, 0.25) is 0 Å². The minimum Gasteiger partial charge on any atom is -0.508 e.